The van der Waals surface area contributed by atoms with Crippen LogP contribution in [-0.2, 0) is 6.42 Å². The first-order valence-corrected chi connectivity index (χ1v) is 10.9. The molecule has 0 unspecified atom stereocenters. The van der Waals surface area contributed by atoms with E-state index in [4.69, 9.17) is 0 Å². The SMILES string of the molecule is CCc1cc(N2CCN(C(=O)c3c(C)ccn(C4CCNCC4)c3=O)CC2)ncn1. The van der Waals surface area contributed by atoms with Gasteiger partial charge in [0.05, 0.1) is 0 Å². The van der Waals surface area contributed by atoms with Gasteiger partial charge in [0.25, 0.3) is 11.5 Å². The predicted molar refractivity (Wildman–Crippen MR) is 116 cm³/mol. The van der Waals surface area contributed by atoms with Crippen molar-refractivity contribution in [1.82, 2.24) is 24.8 Å². The summed E-state index contributed by atoms with van der Waals surface area (Å²) in [7, 11) is 0. The molecule has 8 nitrogen and oxygen atoms in total. The second-order valence-corrected chi connectivity index (χ2v) is 8.07. The number of nitrogens with zero attached hydrogens (tertiary/aromatic N) is 5. The highest BCUT2D eigenvalue weighted by molar-refractivity contribution is 5.95. The molecule has 4 rings (SSSR count). The Labute approximate surface area is 176 Å². The second-order valence-electron chi connectivity index (χ2n) is 8.07. The molecule has 0 atom stereocenters. The zero-order valence-corrected chi connectivity index (χ0v) is 17.8. The number of aryl methyl sites for hydroxylation is 2. The minimum Gasteiger partial charge on any atom is -0.353 e. The van der Waals surface area contributed by atoms with Crippen molar-refractivity contribution in [3.8, 4) is 0 Å². The smallest absolute Gasteiger partial charge is 0.263 e. The monoisotopic (exact) mass is 410 g/mol. The van der Waals surface area contributed by atoms with E-state index in [0.717, 1.165) is 49.4 Å². The van der Waals surface area contributed by atoms with E-state index >= 15 is 0 Å². The number of rotatable bonds is 4. The van der Waals surface area contributed by atoms with Gasteiger partial charge in [-0.25, -0.2) is 9.97 Å². The van der Waals surface area contributed by atoms with Crippen molar-refractivity contribution in [2.45, 2.75) is 39.2 Å². The third-order valence-electron chi connectivity index (χ3n) is 6.21. The number of amides is 1. The van der Waals surface area contributed by atoms with E-state index in [0.29, 0.717) is 31.7 Å². The summed E-state index contributed by atoms with van der Waals surface area (Å²) in [5, 5.41) is 3.32. The first-order chi connectivity index (χ1) is 14.6. The van der Waals surface area contributed by atoms with Crippen LogP contribution in [0, 0.1) is 6.92 Å². The molecule has 0 aliphatic carbocycles. The number of pyridine rings is 1. The van der Waals surface area contributed by atoms with Crippen molar-refractivity contribution < 1.29 is 4.79 Å². The van der Waals surface area contributed by atoms with Crippen LogP contribution in [0.2, 0.25) is 0 Å². The van der Waals surface area contributed by atoms with Gasteiger partial charge in [-0.2, -0.15) is 0 Å². The first-order valence-electron chi connectivity index (χ1n) is 10.9. The van der Waals surface area contributed by atoms with Crippen LogP contribution in [0.25, 0.3) is 0 Å². The third kappa shape index (κ3) is 4.09. The molecule has 2 fully saturated rings. The Hall–Kier alpha value is -2.74. The molecule has 2 aromatic heterocycles. The van der Waals surface area contributed by atoms with Crippen LogP contribution in [0.4, 0.5) is 5.82 Å². The Morgan fingerprint density at radius 1 is 1.17 bits per heavy atom. The van der Waals surface area contributed by atoms with E-state index in [1.807, 2.05) is 25.3 Å². The number of carbonyl (C=O) groups is 1. The lowest BCUT2D eigenvalue weighted by atomic mass is 10.0. The van der Waals surface area contributed by atoms with Gasteiger partial charge in [0, 0.05) is 50.2 Å². The quantitative estimate of drug-likeness (QED) is 0.820. The highest BCUT2D eigenvalue weighted by Crippen LogP contribution is 2.19. The summed E-state index contributed by atoms with van der Waals surface area (Å²) < 4.78 is 1.77. The summed E-state index contributed by atoms with van der Waals surface area (Å²) in [5.74, 6) is 0.746. The Morgan fingerprint density at radius 3 is 2.60 bits per heavy atom. The molecule has 0 saturated carbocycles. The maximum Gasteiger partial charge on any atom is 0.263 e. The molecule has 0 bridgehead atoms. The molecule has 2 saturated heterocycles. The summed E-state index contributed by atoms with van der Waals surface area (Å²) in [4.78, 5) is 39.1. The lowest BCUT2D eigenvalue weighted by molar-refractivity contribution is 0.0743. The number of carbonyl (C=O) groups excluding carboxylic acids is 1. The largest absolute Gasteiger partial charge is 0.353 e. The molecule has 2 aliphatic heterocycles. The molecule has 0 aromatic carbocycles. The third-order valence-corrected chi connectivity index (χ3v) is 6.21. The summed E-state index contributed by atoms with van der Waals surface area (Å²) >= 11 is 0. The van der Waals surface area contributed by atoms with Gasteiger partial charge in [-0.15, -0.1) is 0 Å². The Bertz CT molecular complexity index is 958. The molecular formula is C22H30N6O2. The molecule has 4 heterocycles. The number of piperazine rings is 1. The standard InChI is InChI=1S/C22H30N6O2/c1-3-17-14-19(25-15-24-17)26-10-12-27(13-11-26)21(29)20-16(2)6-9-28(22(20)30)18-4-7-23-8-5-18/h6,9,14-15,18,23H,3-5,7-8,10-13H2,1-2H3. The average molecular weight is 411 g/mol. The van der Waals surface area contributed by atoms with Crippen LogP contribution < -0.4 is 15.8 Å². The maximum atomic E-state index is 13.3. The molecule has 1 N–H and O–H groups in total. The highest BCUT2D eigenvalue weighted by atomic mass is 16.2. The number of hydrogen-bond acceptors (Lipinski definition) is 6. The molecule has 1 amide bonds. The van der Waals surface area contributed by atoms with Gasteiger partial charge in [0.2, 0.25) is 0 Å². The van der Waals surface area contributed by atoms with Crippen LogP contribution in [0.15, 0.2) is 29.5 Å². The summed E-state index contributed by atoms with van der Waals surface area (Å²) in [5.41, 5.74) is 1.93. The fourth-order valence-corrected chi connectivity index (χ4v) is 4.32. The summed E-state index contributed by atoms with van der Waals surface area (Å²) in [6, 6.07) is 4.07. The molecule has 160 valence electrons. The van der Waals surface area contributed by atoms with Crippen molar-refractivity contribution in [2.24, 2.45) is 0 Å². The minimum atomic E-state index is -0.155. The fourth-order valence-electron chi connectivity index (χ4n) is 4.32. The highest BCUT2D eigenvalue weighted by Gasteiger charge is 2.27. The van der Waals surface area contributed by atoms with Crippen molar-refractivity contribution in [1.29, 1.82) is 0 Å². The molecule has 30 heavy (non-hydrogen) atoms. The van der Waals surface area contributed by atoms with E-state index in [2.05, 4.69) is 27.1 Å². The number of piperidine rings is 1. The van der Waals surface area contributed by atoms with Crippen LogP contribution in [-0.4, -0.2) is 64.6 Å². The lowest BCUT2D eigenvalue weighted by Gasteiger charge is -2.35. The average Bonchev–Trinajstić information content (AvgIpc) is 2.80. The number of nitrogens with one attached hydrogen (secondary N) is 1. The zero-order valence-electron chi connectivity index (χ0n) is 17.8. The van der Waals surface area contributed by atoms with Crippen LogP contribution in [0.1, 0.15) is 47.4 Å². The van der Waals surface area contributed by atoms with E-state index in [1.54, 1.807) is 15.8 Å². The van der Waals surface area contributed by atoms with Crippen molar-refractivity contribution in [2.75, 3.05) is 44.2 Å². The van der Waals surface area contributed by atoms with Crippen molar-refractivity contribution in [3.05, 3.63) is 51.8 Å². The fraction of sp³-hybridized carbons (Fsp3) is 0.545. The number of anilines is 1. The van der Waals surface area contributed by atoms with Gasteiger partial charge in [-0.05, 0) is 50.9 Å². The summed E-state index contributed by atoms with van der Waals surface area (Å²) in [6.07, 6.45) is 6.14. The topological polar surface area (TPSA) is 83.4 Å². The van der Waals surface area contributed by atoms with Crippen molar-refractivity contribution in [3.63, 3.8) is 0 Å². The van der Waals surface area contributed by atoms with Gasteiger partial charge < -0.3 is 19.7 Å². The predicted octanol–water partition coefficient (Wildman–Crippen LogP) is 1.40. The van der Waals surface area contributed by atoms with Gasteiger partial charge in [-0.3, -0.25) is 9.59 Å². The van der Waals surface area contributed by atoms with Gasteiger partial charge in [0.15, 0.2) is 0 Å². The Morgan fingerprint density at radius 2 is 1.90 bits per heavy atom. The lowest BCUT2D eigenvalue weighted by Crippen LogP contribution is -2.50. The number of hydrogen-bond donors (Lipinski definition) is 1. The normalized spacial score (nSPS) is 17.9. The van der Waals surface area contributed by atoms with Crippen LogP contribution in [0.3, 0.4) is 0 Å². The Balaban J connectivity index is 1.49. The van der Waals surface area contributed by atoms with E-state index < -0.39 is 0 Å². The first kappa shape index (κ1) is 20.5. The van der Waals surface area contributed by atoms with E-state index in [1.165, 1.54) is 0 Å². The molecule has 8 heteroatoms. The molecule has 0 spiro atoms. The molecule has 2 aliphatic rings. The van der Waals surface area contributed by atoms with E-state index in [-0.39, 0.29) is 17.5 Å². The zero-order chi connectivity index (χ0) is 21.1. The Kier molecular flexibility index (Phi) is 6.13. The maximum absolute atomic E-state index is 13.3. The van der Waals surface area contributed by atoms with Gasteiger partial charge in [0.1, 0.15) is 17.7 Å². The summed E-state index contributed by atoms with van der Waals surface area (Å²) in [6.45, 7) is 8.27. The molecule has 0 radical (unpaired) electrons. The van der Waals surface area contributed by atoms with Crippen LogP contribution in [0.5, 0.6) is 0 Å². The number of aromatic nitrogens is 3. The van der Waals surface area contributed by atoms with Crippen LogP contribution >= 0.6 is 0 Å². The minimum absolute atomic E-state index is 0.155. The van der Waals surface area contributed by atoms with Gasteiger partial charge in [-0.1, -0.05) is 6.92 Å². The van der Waals surface area contributed by atoms with Gasteiger partial charge >= 0.3 is 0 Å². The second kappa shape index (κ2) is 8.95. The molecule has 2 aromatic rings. The van der Waals surface area contributed by atoms with Crippen molar-refractivity contribution >= 4 is 11.7 Å². The van der Waals surface area contributed by atoms with E-state index in [9.17, 15) is 9.59 Å². The molecular weight excluding hydrogens is 380 g/mol.